The summed E-state index contributed by atoms with van der Waals surface area (Å²) in [6, 6.07) is 0. The van der Waals surface area contributed by atoms with Crippen LogP contribution in [0.1, 0.15) is 1.43 Å². The first-order valence-electron chi connectivity index (χ1n) is 1.15. The van der Waals surface area contributed by atoms with Crippen molar-refractivity contribution in [2.45, 2.75) is 0 Å². The molecule has 0 aromatic rings. The fourth-order valence-corrected chi connectivity index (χ4v) is 0. The molecule has 0 N–H and O–H groups in total. The fraction of sp³-hybridized carbons (Fsp3) is 0. The van der Waals surface area contributed by atoms with Gasteiger partial charge in [-0.15, -0.1) is 0 Å². The third-order valence-electron chi connectivity index (χ3n) is 0.167. The molecular formula is C4H7Na. The maximum Gasteiger partial charge on any atom is 1.00 e. The summed E-state index contributed by atoms with van der Waals surface area (Å²) < 4.78 is 0. The van der Waals surface area contributed by atoms with Gasteiger partial charge in [-0.3, -0.25) is 0 Å². The molecule has 0 aliphatic heterocycles. The molecule has 0 atom stereocenters. The van der Waals surface area contributed by atoms with Gasteiger partial charge in [-0.05, 0) is 0 Å². The van der Waals surface area contributed by atoms with Gasteiger partial charge < -0.3 is 1.43 Å². The number of rotatable bonds is 1. The van der Waals surface area contributed by atoms with Crippen molar-refractivity contribution in [1.29, 1.82) is 0 Å². The van der Waals surface area contributed by atoms with E-state index in [1.807, 2.05) is 0 Å². The average Bonchev–Trinajstić information content (AvgIpc) is 1.37. The Balaban J connectivity index is -0.0000000450. The van der Waals surface area contributed by atoms with Gasteiger partial charge >= 0.3 is 29.6 Å². The Hall–Kier alpha value is 0.480. The minimum absolute atomic E-state index is 0. The maximum atomic E-state index is 3.36. The van der Waals surface area contributed by atoms with Crippen molar-refractivity contribution >= 4 is 0 Å². The van der Waals surface area contributed by atoms with Crippen LogP contribution in [0.4, 0.5) is 0 Å². The Bertz CT molecular complexity index is 28.5. The van der Waals surface area contributed by atoms with Crippen LogP contribution in [-0.4, -0.2) is 0 Å². The third kappa shape index (κ3) is 12.6. The van der Waals surface area contributed by atoms with Gasteiger partial charge in [-0.1, -0.05) is 25.3 Å². The van der Waals surface area contributed by atoms with Crippen molar-refractivity contribution in [2.75, 3.05) is 0 Å². The monoisotopic (exact) mass is 78.0 g/mol. The van der Waals surface area contributed by atoms with E-state index in [0.717, 1.165) is 0 Å². The Morgan fingerprint density at radius 2 is 1.40 bits per heavy atom. The van der Waals surface area contributed by atoms with Crippen molar-refractivity contribution in [3.63, 3.8) is 0 Å². The summed E-state index contributed by atoms with van der Waals surface area (Å²) in [5.74, 6) is 0. The van der Waals surface area contributed by atoms with Gasteiger partial charge in [0.1, 0.15) is 0 Å². The SMILES string of the molecule is C=CC=C.[H-].[Na+]. The molecule has 0 rings (SSSR count). The molecule has 0 saturated heterocycles. The Labute approximate surface area is 56.4 Å². The quantitative estimate of drug-likeness (QED) is 0.264. The average molecular weight is 78.1 g/mol. The molecule has 0 fully saturated rings. The first kappa shape index (κ1) is 9.08. The van der Waals surface area contributed by atoms with Gasteiger partial charge in [0.15, 0.2) is 0 Å². The zero-order chi connectivity index (χ0) is 3.41. The van der Waals surface area contributed by atoms with E-state index in [0.29, 0.717) is 0 Å². The second kappa shape index (κ2) is 8.82. The smallest absolute Gasteiger partial charge is 1.00 e. The van der Waals surface area contributed by atoms with Crippen LogP contribution in [0.5, 0.6) is 0 Å². The summed E-state index contributed by atoms with van der Waals surface area (Å²) in [7, 11) is 0. The molecule has 0 amide bonds. The van der Waals surface area contributed by atoms with Crippen molar-refractivity contribution in [2.24, 2.45) is 0 Å². The minimum atomic E-state index is 0. The molecule has 0 saturated carbocycles. The van der Waals surface area contributed by atoms with E-state index in [1.54, 1.807) is 12.2 Å². The van der Waals surface area contributed by atoms with Crippen LogP contribution in [-0.2, 0) is 0 Å². The van der Waals surface area contributed by atoms with E-state index in [2.05, 4.69) is 13.2 Å². The van der Waals surface area contributed by atoms with Crippen molar-refractivity contribution in [3.8, 4) is 0 Å². The topological polar surface area (TPSA) is 0 Å². The first-order chi connectivity index (χ1) is 1.91. The molecule has 0 heterocycles. The third-order valence-corrected chi connectivity index (χ3v) is 0.167. The van der Waals surface area contributed by atoms with Gasteiger partial charge in [-0.2, -0.15) is 0 Å². The van der Waals surface area contributed by atoms with Crippen LogP contribution < -0.4 is 29.6 Å². The molecule has 0 bridgehead atoms. The molecule has 0 aromatic heterocycles. The largest absolute Gasteiger partial charge is 1.00 e. The second-order valence-corrected chi connectivity index (χ2v) is 0.471. The maximum absolute atomic E-state index is 3.36. The summed E-state index contributed by atoms with van der Waals surface area (Å²) in [6.45, 7) is 6.72. The molecule has 0 aliphatic carbocycles. The van der Waals surface area contributed by atoms with Crippen LogP contribution in [0.15, 0.2) is 25.3 Å². The number of hydrogen-bond acceptors (Lipinski definition) is 0. The van der Waals surface area contributed by atoms with E-state index in [-0.39, 0.29) is 31.0 Å². The van der Waals surface area contributed by atoms with E-state index < -0.39 is 0 Å². The Kier molecular flexibility index (Phi) is 16.0. The zero-order valence-corrected chi connectivity index (χ0v) is 5.57. The predicted octanol–water partition coefficient (Wildman–Crippen LogP) is -1.53. The van der Waals surface area contributed by atoms with E-state index >= 15 is 0 Å². The van der Waals surface area contributed by atoms with Crippen LogP contribution in [0.2, 0.25) is 0 Å². The van der Waals surface area contributed by atoms with Crippen LogP contribution in [0, 0.1) is 0 Å². The molecule has 5 heavy (non-hydrogen) atoms. The van der Waals surface area contributed by atoms with Gasteiger partial charge in [0.25, 0.3) is 0 Å². The summed E-state index contributed by atoms with van der Waals surface area (Å²) in [4.78, 5) is 0. The predicted molar refractivity (Wildman–Crippen MR) is 21.5 cm³/mol. The van der Waals surface area contributed by atoms with E-state index in [1.165, 1.54) is 0 Å². The second-order valence-electron chi connectivity index (χ2n) is 0.471. The summed E-state index contributed by atoms with van der Waals surface area (Å²) in [5.41, 5.74) is 0. The molecule has 0 nitrogen and oxygen atoms in total. The van der Waals surface area contributed by atoms with E-state index in [9.17, 15) is 0 Å². The Morgan fingerprint density at radius 1 is 1.20 bits per heavy atom. The summed E-state index contributed by atoms with van der Waals surface area (Å²) in [5, 5.41) is 0. The van der Waals surface area contributed by atoms with Gasteiger partial charge in [0, 0.05) is 0 Å². The molecule has 0 aliphatic rings. The number of hydrogen-bond donors (Lipinski definition) is 0. The molecule has 0 radical (unpaired) electrons. The van der Waals surface area contributed by atoms with Crippen LogP contribution in [0.3, 0.4) is 0 Å². The zero-order valence-electron chi connectivity index (χ0n) is 4.57. The molecule has 0 aromatic carbocycles. The molecule has 0 unspecified atom stereocenters. The summed E-state index contributed by atoms with van der Waals surface area (Å²) in [6.07, 6.45) is 3.28. The normalized spacial score (nSPS) is 4.00. The van der Waals surface area contributed by atoms with Crippen LogP contribution in [0.25, 0.3) is 0 Å². The fourth-order valence-electron chi connectivity index (χ4n) is 0. The molecule has 0 spiro atoms. The summed E-state index contributed by atoms with van der Waals surface area (Å²) >= 11 is 0. The first-order valence-corrected chi connectivity index (χ1v) is 1.15. The molecule has 24 valence electrons. The van der Waals surface area contributed by atoms with E-state index in [4.69, 9.17) is 0 Å². The van der Waals surface area contributed by atoms with Crippen LogP contribution >= 0.6 is 0 Å². The number of allylic oxidation sites excluding steroid dienone is 2. The van der Waals surface area contributed by atoms with Gasteiger partial charge in [-0.25, -0.2) is 0 Å². The minimum Gasteiger partial charge on any atom is -1.00 e. The standard InChI is InChI=1S/C4H6.Na.H/c1-3-4-2;;/h3-4H,1-2H2;;/q;+1;-1. The Morgan fingerprint density at radius 3 is 1.40 bits per heavy atom. The van der Waals surface area contributed by atoms with Crippen molar-refractivity contribution < 1.29 is 31.0 Å². The molecular weight excluding hydrogens is 71.0 g/mol. The van der Waals surface area contributed by atoms with Gasteiger partial charge in [0.05, 0.1) is 0 Å². The van der Waals surface area contributed by atoms with Gasteiger partial charge in [0.2, 0.25) is 0 Å². The van der Waals surface area contributed by atoms with Crippen molar-refractivity contribution in [3.05, 3.63) is 25.3 Å². The molecule has 1 heteroatoms. The van der Waals surface area contributed by atoms with Crippen molar-refractivity contribution in [1.82, 2.24) is 0 Å².